The summed E-state index contributed by atoms with van der Waals surface area (Å²) in [5, 5.41) is 3.24. The molecular formula is C24H28ClN3O5. The Balaban J connectivity index is 1.50. The quantitative estimate of drug-likeness (QED) is 0.707. The van der Waals surface area contributed by atoms with E-state index in [1.165, 1.54) is 0 Å². The van der Waals surface area contributed by atoms with Crippen LogP contribution in [0.15, 0.2) is 48.5 Å². The molecule has 176 valence electrons. The summed E-state index contributed by atoms with van der Waals surface area (Å²) in [5.41, 5.74) is 0.312. The normalized spacial score (nSPS) is 13.9. The van der Waals surface area contributed by atoms with Gasteiger partial charge < -0.3 is 19.3 Å². The van der Waals surface area contributed by atoms with Gasteiger partial charge in [-0.2, -0.15) is 0 Å². The summed E-state index contributed by atoms with van der Waals surface area (Å²) in [5.74, 6) is 0.273. The van der Waals surface area contributed by atoms with Gasteiger partial charge in [0.15, 0.2) is 6.61 Å². The molecule has 3 rings (SSSR count). The first-order valence-electron chi connectivity index (χ1n) is 10.7. The van der Waals surface area contributed by atoms with E-state index in [2.05, 4.69) is 5.32 Å². The molecule has 9 heteroatoms. The summed E-state index contributed by atoms with van der Waals surface area (Å²) in [4.78, 5) is 40.7. The van der Waals surface area contributed by atoms with Gasteiger partial charge in [-0.25, -0.2) is 4.79 Å². The Kier molecular flexibility index (Phi) is 7.81. The van der Waals surface area contributed by atoms with Crippen LogP contribution in [0.2, 0.25) is 5.02 Å². The molecule has 3 amide bonds. The van der Waals surface area contributed by atoms with Crippen molar-refractivity contribution in [3.63, 3.8) is 0 Å². The molecule has 2 aromatic carbocycles. The largest absolute Gasteiger partial charge is 0.484 e. The van der Waals surface area contributed by atoms with Gasteiger partial charge in [0.25, 0.3) is 11.8 Å². The number of anilines is 1. The number of rotatable bonds is 5. The van der Waals surface area contributed by atoms with Gasteiger partial charge in [0.1, 0.15) is 11.4 Å². The third-order valence-electron chi connectivity index (χ3n) is 4.85. The van der Waals surface area contributed by atoms with Gasteiger partial charge in [-0.3, -0.25) is 14.9 Å². The SMILES string of the molecule is CC(C)(C)OC(=O)Nc1cccc(C(=O)N2CCN(C(=O)COc3ccc(Cl)cc3)CC2)c1. The van der Waals surface area contributed by atoms with Crippen molar-refractivity contribution < 1.29 is 23.9 Å². The van der Waals surface area contributed by atoms with Crippen LogP contribution in [-0.2, 0) is 9.53 Å². The van der Waals surface area contributed by atoms with Crippen molar-refractivity contribution in [1.82, 2.24) is 9.80 Å². The molecule has 1 heterocycles. The predicted molar refractivity (Wildman–Crippen MR) is 126 cm³/mol. The van der Waals surface area contributed by atoms with Crippen molar-refractivity contribution >= 4 is 35.2 Å². The van der Waals surface area contributed by atoms with Crippen LogP contribution in [0.1, 0.15) is 31.1 Å². The highest BCUT2D eigenvalue weighted by atomic mass is 35.5. The number of benzene rings is 2. The van der Waals surface area contributed by atoms with Crippen LogP contribution in [-0.4, -0.2) is 66.1 Å². The Hall–Kier alpha value is -3.26. The molecule has 0 aromatic heterocycles. The van der Waals surface area contributed by atoms with E-state index < -0.39 is 11.7 Å². The molecule has 1 saturated heterocycles. The fourth-order valence-corrected chi connectivity index (χ4v) is 3.39. The number of piperazine rings is 1. The molecular weight excluding hydrogens is 446 g/mol. The molecule has 0 unspecified atom stereocenters. The van der Waals surface area contributed by atoms with E-state index in [1.54, 1.807) is 79.1 Å². The van der Waals surface area contributed by atoms with Crippen molar-refractivity contribution in [2.24, 2.45) is 0 Å². The Labute approximate surface area is 198 Å². The zero-order valence-corrected chi connectivity index (χ0v) is 19.7. The molecule has 1 N–H and O–H groups in total. The Morgan fingerprint density at radius 1 is 0.970 bits per heavy atom. The van der Waals surface area contributed by atoms with E-state index in [0.717, 1.165) is 0 Å². The topological polar surface area (TPSA) is 88.2 Å². The van der Waals surface area contributed by atoms with Crippen molar-refractivity contribution in [1.29, 1.82) is 0 Å². The third-order valence-corrected chi connectivity index (χ3v) is 5.10. The standard InChI is InChI=1S/C24H28ClN3O5/c1-24(2,3)33-23(31)26-19-6-4-5-17(15-19)22(30)28-13-11-27(12-14-28)21(29)16-32-20-9-7-18(25)8-10-20/h4-10,15H,11-14,16H2,1-3H3,(H,26,31). The summed E-state index contributed by atoms with van der Waals surface area (Å²) in [6.45, 7) is 6.93. The van der Waals surface area contributed by atoms with E-state index in [-0.39, 0.29) is 18.4 Å². The van der Waals surface area contributed by atoms with Crippen LogP contribution in [0.5, 0.6) is 5.75 Å². The fraction of sp³-hybridized carbons (Fsp3) is 0.375. The minimum atomic E-state index is -0.617. The lowest BCUT2D eigenvalue weighted by atomic mass is 10.1. The lowest BCUT2D eigenvalue weighted by Crippen LogP contribution is -2.51. The van der Waals surface area contributed by atoms with Crippen molar-refractivity contribution in [2.45, 2.75) is 26.4 Å². The van der Waals surface area contributed by atoms with Crippen LogP contribution >= 0.6 is 11.6 Å². The minimum Gasteiger partial charge on any atom is -0.484 e. The van der Waals surface area contributed by atoms with Gasteiger partial charge in [0.2, 0.25) is 0 Å². The van der Waals surface area contributed by atoms with E-state index in [0.29, 0.717) is 48.2 Å². The van der Waals surface area contributed by atoms with Gasteiger partial charge in [0.05, 0.1) is 0 Å². The van der Waals surface area contributed by atoms with Crippen LogP contribution in [0.3, 0.4) is 0 Å². The summed E-state index contributed by atoms with van der Waals surface area (Å²) in [6.07, 6.45) is -0.583. The highest BCUT2D eigenvalue weighted by Crippen LogP contribution is 2.17. The zero-order valence-electron chi connectivity index (χ0n) is 19.0. The molecule has 0 spiro atoms. The predicted octanol–water partition coefficient (Wildman–Crippen LogP) is 4.05. The van der Waals surface area contributed by atoms with E-state index >= 15 is 0 Å². The second-order valence-corrected chi connectivity index (χ2v) is 9.06. The molecule has 1 aliphatic heterocycles. The number of carbonyl (C=O) groups is 3. The van der Waals surface area contributed by atoms with E-state index in [4.69, 9.17) is 21.1 Å². The lowest BCUT2D eigenvalue weighted by molar-refractivity contribution is -0.134. The number of nitrogens with one attached hydrogen (secondary N) is 1. The summed E-state index contributed by atoms with van der Waals surface area (Å²) in [7, 11) is 0. The average molecular weight is 474 g/mol. The molecule has 0 aliphatic carbocycles. The van der Waals surface area contributed by atoms with Crippen molar-refractivity contribution in [3.05, 3.63) is 59.1 Å². The van der Waals surface area contributed by atoms with Crippen LogP contribution in [0.4, 0.5) is 10.5 Å². The zero-order chi connectivity index (χ0) is 24.0. The fourth-order valence-electron chi connectivity index (χ4n) is 3.26. The van der Waals surface area contributed by atoms with Gasteiger partial charge in [0, 0.05) is 42.5 Å². The highest BCUT2D eigenvalue weighted by Gasteiger charge is 2.25. The van der Waals surface area contributed by atoms with Crippen molar-refractivity contribution in [2.75, 3.05) is 38.1 Å². The second-order valence-electron chi connectivity index (χ2n) is 8.62. The lowest BCUT2D eigenvalue weighted by Gasteiger charge is -2.34. The Bertz CT molecular complexity index is 996. The molecule has 1 fully saturated rings. The van der Waals surface area contributed by atoms with Crippen LogP contribution in [0.25, 0.3) is 0 Å². The highest BCUT2D eigenvalue weighted by molar-refractivity contribution is 6.30. The number of ether oxygens (including phenoxy) is 2. The maximum absolute atomic E-state index is 12.9. The first-order chi connectivity index (χ1) is 15.6. The van der Waals surface area contributed by atoms with Crippen LogP contribution < -0.4 is 10.1 Å². The minimum absolute atomic E-state index is 0.0754. The molecule has 0 saturated carbocycles. The molecule has 8 nitrogen and oxygen atoms in total. The number of nitrogens with zero attached hydrogens (tertiary/aromatic N) is 2. The molecule has 0 bridgehead atoms. The third kappa shape index (κ3) is 7.39. The average Bonchev–Trinajstić information content (AvgIpc) is 2.77. The van der Waals surface area contributed by atoms with Crippen LogP contribution in [0, 0.1) is 0 Å². The summed E-state index contributed by atoms with van der Waals surface area (Å²) >= 11 is 5.85. The number of hydrogen-bond acceptors (Lipinski definition) is 5. The first-order valence-corrected chi connectivity index (χ1v) is 11.0. The van der Waals surface area contributed by atoms with Gasteiger partial charge in [-0.1, -0.05) is 17.7 Å². The Morgan fingerprint density at radius 3 is 2.24 bits per heavy atom. The van der Waals surface area contributed by atoms with Crippen molar-refractivity contribution in [3.8, 4) is 5.75 Å². The van der Waals surface area contributed by atoms with E-state index in [9.17, 15) is 14.4 Å². The smallest absolute Gasteiger partial charge is 0.412 e. The molecule has 1 aliphatic rings. The monoisotopic (exact) mass is 473 g/mol. The summed E-state index contributed by atoms with van der Waals surface area (Å²) in [6, 6.07) is 13.5. The van der Waals surface area contributed by atoms with Gasteiger partial charge in [-0.15, -0.1) is 0 Å². The number of hydrogen-bond donors (Lipinski definition) is 1. The molecule has 2 aromatic rings. The molecule has 0 atom stereocenters. The number of carbonyl (C=O) groups excluding carboxylic acids is 3. The van der Waals surface area contributed by atoms with Gasteiger partial charge in [-0.05, 0) is 63.2 Å². The molecule has 0 radical (unpaired) electrons. The van der Waals surface area contributed by atoms with E-state index in [1.807, 2.05) is 0 Å². The maximum atomic E-state index is 12.9. The molecule has 33 heavy (non-hydrogen) atoms. The van der Waals surface area contributed by atoms with Gasteiger partial charge >= 0.3 is 6.09 Å². The number of amides is 3. The first kappa shape index (κ1) is 24.4. The number of halogens is 1. The second kappa shape index (κ2) is 10.6. The summed E-state index contributed by atoms with van der Waals surface area (Å²) < 4.78 is 10.8. The maximum Gasteiger partial charge on any atom is 0.412 e. The Morgan fingerprint density at radius 2 is 1.61 bits per heavy atom.